The summed E-state index contributed by atoms with van der Waals surface area (Å²) in [6.07, 6.45) is 3.55. The standard InChI is InChI=1S/C20H18BrF3N2O2/c1-2-11-26(18(28)10-7-13-5-3-4-6-14(13)21)12-17(27)25-16-9-8-15(22)19(23)20(16)24/h3-10H,2,11-12H2,1H3,(H,25,27)/b10-7+. The minimum atomic E-state index is -1.67. The minimum absolute atomic E-state index is 0.298. The summed E-state index contributed by atoms with van der Waals surface area (Å²) in [5, 5.41) is 2.16. The molecule has 148 valence electrons. The van der Waals surface area contributed by atoms with Gasteiger partial charge >= 0.3 is 0 Å². The molecule has 8 heteroatoms. The molecule has 1 N–H and O–H groups in total. The number of halogens is 4. The molecule has 0 heterocycles. The van der Waals surface area contributed by atoms with E-state index < -0.39 is 35.0 Å². The van der Waals surface area contributed by atoms with Crippen LogP contribution in [0.2, 0.25) is 0 Å². The first kappa shape index (κ1) is 21.7. The molecule has 2 rings (SSSR count). The van der Waals surface area contributed by atoms with Crippen LogP contribution in [0.3, 0.4) is 0 Å². The first-order chi connectivity index (χ1) is 13.3. The van der Waals surface area contributed by atoms with Crippen molar-refractivity contribution in [2.24, 2.45) is 0 Å². The molecule has 0 aliphatic rings. The molecule has 4 nitrogen and oxygen atoms in total. The van der Waals surface area contributed by atoms with Gasteiger partial charge in [-0.15, -0.1) is 0 Å². The Hall–Kier alpha value is -2.61. The van der Waals surface area contributed by atoms with Crippen LogP contribution in [0.4, 0.5) is 18.9 Å². The quantitative estimate of drug-likeness (QED) is 0.484. The van der Waals surface area contributed by atoms with Crippen LogP contribution in [0.1, 0.15) is 18.9 Å². The maximum absolute atomic E-state index is 13.7. The lowest BCUT2D eigenvalue weighted by Crippen LogP contribution is -2.37. The summed E-state index contributed by atoms with van der Waals surface area (Å²) in [5.41, 5.74) is 0.303. The average Bonchev–Trinajstić information content (AvgIpc) is 2.67. The van der Waals surface area contributed by atoms with Gasteiger partial charge in [0, 0.05) is 17.1 Å². The number of nitrogens with one attached hydrogen (secondary N) is 1. The number of hydrogen-bond donors (Lipinski definition) is 1. The minimum Gasteiger partial charge on any atom is -0.330 e. The molecule has 0 fully saturated rings. The van der Waals surface area contributed by atoms with Gasteiger partial charge in [0.2, 0.25) is 11.8 Å². The monoisotopic (exact) mass is 454 g/mol. The van der Waals surface area contributed by atoms with Crippen LogP contribution in [-0.2, 0) is 9.59 Å². The van der Waals surface area contributed by atoms with Crippen molar-refractivity contribution in [2.45, 2.75) is 13.3 Å². The summed E-state index contributed by atoms with van der Waals surface area (Å²) in [6, 6.07) is 8.94. The number of anilines is 1. The van der Waals surface area contributed by atoms with Crippen molar-refractivity contribution in [1.82, 2.24) is 4.90 Å². The van der Waals surface area contributed by atoms with Gasteiger partial charge in [-0.3, -0.25) is 9.59 Å². The molecule has 0 spiro atoms. The third kappa shape index (κ3) is 5.69. The predicted octanol–water partition coefficient (Wildman–Crippen LogP) is 4.76. The van der Waals surface area contributed by atoms with Crippen molar-refractivity contribution in [3.8, 4) is 0 Å². The second-order valence-electron chi connectivity index (χ2n) is 5.89. The topological polar surface area (TPSA) is 49.4 Å². The lowest BCUT2D eigenvalue weighted by Gasteiger charge is -2.20. The van der Waals surface area contributed by atoms with Gasteiger partial charge in [0.25, 0.3) is 0 Å². The zero-order valence-electron chi connectivity index (χ0n) is 15.0. The molecule has 0 saturated heterocycles. The normalized spacial score (nSPS) is 10.9. The number of carbonyl (C=O) groups is 2. The highest BCUT2D eigenvalue weighted by molar-refractivity contribution is 9.10. The number of hydrogen-bond acceptors (Lipinski definition) is 2. The van der Waals surface area contributed by atoms with Crippen LogP contribution in [0.5, 0.6) is 0 Å². The van der Waals surface area contributed by atoms with E-state index in [2.05, 4.69) is 21.2 Å². The highest BCUT2D eigenvalue weighted by Gasteiger charge is 2.18. The van der Waals surface area contributed by atoms with Crippen molar-refractivity contribution >= 4 is 39.5 Å². The zero-order valence-corrected chi connectivity index (χ0v) is 16.6. The number of rotatable bonds is 7. The van der Waals surface area contributed by atoms with Crippen LogP contribution < -0.4 is 5.32 Å². The zero-order chi connectivity index (χ0) is 20.7. The second kappa shape index (κ2) is 10.1. The summed E-state index contributed by atoms with van der Waals surface area (Å²) in [5.74, 6) is -5.64. The predicted molar refractivity (Wildman–Crippen MR) is 105 cm³/mol. The Balaban J connectivity index is 2.07. The largest absolute Gasteiger partial charge is 0.330 e. The smallest absolute Gasteiger partial charge is 0.247 e. The van der Waals surface area contributed by atoms with Gasteiger partial charge in [-0.2, -0.15) is 0 Å². The van der Waals surface area contributed by atoms with E-state index >= 15 is 0 Å². The van der Waals surface area contributed by atoms with Crippen molar-refractivity contribution in [3.05, 3.63) is 70.0 Å². The van der Waals surface area contributed by atoms with Gasteiger partial charge in [-0.25, -0.2) is 13.2 Å². The van der Waals surface area contributed by atoms with Crippen molar-refractivity contribution < 1.29 is 22.8 Å². The van der Waals surface area contributed by atoms with E-state index in [1.165, 1.54) is 11.0 Å². The number of carbonyl (C=O) groups excluding carboxylic acids is 2. The van der Waals surface area contributed by atoms with E-state index in [0.29, 0.717) is 19.0 Å². The fourth-order valence-corrected chi connectivity index (χ4v) is 2.82. The van der Waals surface area contributed by atoms with Crippen LogP contribution in [-0.4, -0.2) is 29.8 Å². The summed E-state index contributed by atoms with van der Waals surface area (Å²) >= 11 is 3.38. The van der Waals surface area contributed by atoms with Gasteiger partial charge < -0.3 is 10.2 Å². The Morgan fingerprint density at radius 3 is 2.50 bits per heavy atom. The highest BCUT2D eigenvalue weighted by atomic mass is 79.9. The molecule has 0 unspecified atom stereocenters. The van der Waals surface area contributed by atoms with Gasteiger partial charge in [0.15, 0.2) is 17.5 Å². The average molecular weight is 455 g/mol. The first-order valence-electron chi connectivity index (χ1n) is 8.48. The molecular weight excluding hydrogens is 437 g/mol. The molecule has 2 aromatic carbocycles. The van der Waals surface area contributed by atoms with E-state index in [9.17, 15) is 22.8 Å². The SMILES string of the molecule is CCCN(CC(=O)Nc1ccc(F)c(F)c1F)C(=O)/C=C/c1ccccc1Br. The Kier molecular flexibility index (Phi) is 7.80. The molecular formula is C20H18BrF3N2O2. The van der Waals surface area contributed by atoms with Crippen LogP contribution in [0, 0.1) is 17.5 Å². The maximum Gasteiger partial charge on any atom is 0.247 e. The fourth-order valence-electron chi connectivity index (χ4n) is 2.40. The van der Waals surface area contributed by atoms with Crippen molar-refractivity contribution in [3.63, 3.8) is 0 Å². The van der Waals surface area contributed by atoms with E-state index in [4.69, 9.17) is 0 Å². The third-order valence-corrected chi connectivity index (χ3v) is 4.48. The van der Waals surface area contributed by atoms with Crippen LogP contribution in [0.25, 0.3) is 6.08 Å². The van der Waals surface area contributed by atoms with E-state index in [1.807, 2.05) is 31.2 Å². The van der Waals surface area contributed by atoms with Gasteiger partial charge in [-0.1, -0.05) is 41.1 Å². The summed E-state index contributed by atoms with van der Waals surface area (Å²) in [6.45, 7) is 1.78. The Bertz CT molecular complexity index is 903. The lowest BCUT2D eigenvalue weighted by molar-refractivity contribution is -0.130. The number of nitrogens with zero attached hydrogens (tertiary/aromatic N) is 1. The van der Waals surface area contributed by atoms with Crippen LogP contribution >= 0.6 is 15.9 Å². The summed E-state index contributed by atoms with van der Waals surface area (Å²) in [4.78, 5) is 25.9. The van der Waals surface area contributed by atoms with Gasteiger partial charge in [-0.05, 0) is 36.3 Å². The molecule has 28 heavy (non-hydrogen) atoms. The summed E-state index contributed by atoms with van der Waals surface area (Å²) < 4.78 is 40.7. The summed E-state index contributed by atoms with van der Waals surface area (Å²) in [7, 11) is 0. The molecule has 0 saturated carbocycles. The Morgan fingerprint density at radius 1 is 1.11 bits per heavy atom. The third-order valence-electron chi connectivity index (χ3n) is 3.76. The molecule has 0 bridgehead atoms. The first-order valence-corrected chi connectivity index (χ1v) is 9.27. The van der Waals surface area contributed by atoms with E-state index in [-0.39, 0.29) is 6.54 Å². The molecule has 2 aromatic rings. The fraction of sp³-hybridized carbons (Fsp3) is 0.200. The Labute approximate surface area is 169 Å². The van der Waals surface area contributed by atoms with Gasteiger partial charge in [0.05, 0.1) is 5.69 Å². The maximum atomic E-state index is 13.7. The molecule has 2 amide bonds. The highest BCUT2D eigenvalue weighted by Crippen LogP contribution is 2.20. The number of benzene rings is 2. The number of amides is 2. The molecule has 0 aliphatic heterocycles. The van der Waals surface area contributed by atoms with Gasteiger partial charge in [0.1, 0.15) is 6.54 Å². The lowest BCUT2D eigenvalue weighted by atomic mass is 10.2. The van der Waals surface area contributed by atoms with Crippen molar-refractivity contribution in [1.29, 1.82) is 0 Å². The van der Waals surface area contributed by atoms with Crippen molar-refractivity contribution in [2.75, 3.05) is 18.4 Å². The molecule has 0 radical (unpaired) electrons. The molecule has 0 atom stereocenters. The van der Waals surface area contributed by atoms with E-state index in [0.717, 1.165) is 16.1 Å². The molecule has 0 aliphatic carbocycles. The molecule has 0 aromatic heterocycles. The van der Waals surface area contributed by atoms with E-state index in [1.54, 1.807) is 6.08 Å². The Morgan fingerprint density at radius 2 is 1.82 bits per heavy atom. The van der Waals surface area contributed by atoms with Crippen LogP contribution in [0.15, 0.2) is 46.9 Å². The second-order valence-corrected chi connectivity index (χ2v) is 6.74.